The Balaban J connectivity index is 1.64. The molecule has 0 aliphatic heterocycles. The van der Waals surface area contributed by atoms with E-state index in [2.05, 4.69) is 17.3 Å². The molecule has 2 aromatic rings. The monoisotopic (exact) mass is 417 g/mol. The molecule has 1 heterocycles. The normalized spacial score (nSPS) is 20.1. The molecule has 7 heteroatoms. The molecule has 1 aliphatic rings. The van der Waals surface area contributed by atoms with E-state index in [4.69, 9.17) is 16.3 Å². The van der Waals surface area contributed by atoms with E-state index >= 15 is 0 Å². The number of esters is 1. The third-order valence-corrected chi connectivity index (χ3v) is 5.92. The van der Waals surface area contributed by atoms with Crippen molar-refractivity contribution in [3.05, 3.63) is 52.3 Å². The molecule has 0 saturated heterocycles. The number of ether oxygens (including phenoxy) is 1. The fraction of sp³-hybridized carbons (Fsp3) is 0.500. The minimum Gasteiger partial charge on any atom is -0.449 e. The lowest BCUT2D eigenvalue weighted by molar-refractivity contribution is -0.130. The molecule has 1 N–H and O–H groups in total. The molecule has 1 amide bonds. The fourth-order valence-corrected chi connectivity index (χ4v) is 4.06. The van der Waals surface area contributed by atoms with Crippen LogP contribution in [0.4, 0.5) is 0 Å². The summed E-state index contributed by atoms with van der Waals surface area (Å²) >= 11 is 6.41. The van der Waals surface area contributed by atoms with Crippen LogP contribution < -0.4 is 5.32 Å². The standard InChI is InChI=1S/C22H28ClN3O3/c1-14-9-7-8-12-18(14)24-21(27)16(3)29-22(28)19-15(2)25-26(20(19)23)13-17-10-5-4-6-11-17/h4-6,10-11,14,16,18H,7-9,12-13H2,1-3H3,(H,24,27)/t14-,16-,18+/m0/s1. The number of nitrogens with one attached hydrogen (secondary N) is 1. The zero-order valence-corrected chi connectivity index (χ0v) is 17.9. The van der Waals surface area contributed by atoms with Gasteiger partial charge in [0.1, 0.15) is 10.7 Å². The summed E-state index contributed by atoms with van der Waals surface area (Å²) in [6.07, 6.45) is 3.48. The van der Waals surface area contributed by atoms with Crippen molar-refractivity contribution < 1.29 is 14.3 Å². The van der Waals surface area contributed by atoms with E-state index in [9.17, 15) is 9.59 Å². The highest BCUT2D eigenvalue weighted by Gasteiger charge is 2.28. The van der Waals surface area contributed by atoms with E-state index in [0.29, 0.717) is 18.2 Å². The van der Waals surface area contributed by atoms with Gasteiger partial charge in [-0.25, -0.2) is 9.48 Å². The van der Waals surface area contributed by atoms with Crippen LogP contribution in [0.3, 0.4) is 0 Å². The number of nitrogens with zero attached hydrogens (tertiary/aromatic N) is 2. The van der Waals surface area contributed by atoms with Crippen molar-refractivity contribution in [3.63, 3.8) is 0 Å². The van der Waals surface area contributed by atoms with Crippen molar-refractivity contribution in [2.24, 2.45) is 5.92 Å². The summed E-state index contributed by atoms with van der Waals surface area (Å²) in [6.45, 7) is 5.88. The summed E-state index contributed by atoms with van der Waals surface area (Å²) in [5, 5.41) is 7.60. The second-order valence-corrected chi connectivity index (χ2v) is 8.18. The van der Waals surface area contributed by atoms with Gasteiger partial charge >= 0.3 is 5.97 Å². The average molecular weight is 418 g/mol. The Morgan fingerprint density at radius 1 is 1.28 bits per heavy atom. The van der Waals surface area contributed by atoms with Crippen molar-refractivity contribution in [1.29, 1.82) is 0 Å². The topological polar surface area (TPSA) is 73.2 Å². The van der Waals surface area contributed by atoms with Crippen molar-refractivity contribution in [2.75, 3.05) is 0 Å². The second kappa shape index (κ2) is 9.44. The first-order valence-electron chi connectivity index (χ1n) is 10.1. The molecule has 3 rings (SSSR count). The van der Waals surface area contributed by atoms with Gasteiger partial charge in [0.25, 0.3) is 5.91 Å². The lowest BCUT2D eigenvalue weighted by atomic mass is 9.86. The van der Waals surface area contributed by atoms with Gasteiger partial charge in [-0.1, -0.05) is 61.7 Å². The Morgan fingerprint density at radius 3 is 2.66 bits per heavy atom. The third-order valence-electron chi connectivity index (χ3n) is 5.54. The van der Waals surface area contributed by atoms with Gasteiger partial charge in [0.2, 0.25) is 0 Å². The third kappa shape index (κ3) is 5.18. The first kappa shape index (κ1) is 21.4. The van der Waals surface area contributed by atoms with Crippen LogP contribution in [0.25, 0.3) is 0 Å². The summed E-state index contributed by atoms with van der Waals surface area (Å²) in [5.74, 6) is -0.475. The number of hydrogen-bond donors (Lipinski definition) is 1. The molecule has 3 atom stereocenters. The average Bonchev–Trinajstić information content (AvgIpc) is 2.97. The molecule has 6 nitrogen and oxygen atoms in total. The molecule has 1 aromatic carbocycles. The molecule has 0 bridgehead atoms. The van der Waals surface area contributed by atoms with Gasteiger partial charge < -0.3 is 10.1 Å². The van der Waals surface area contributed by atoms with Crippen molar-refractivity contribution in [3.8, 4) is 0 Å². The summed E-state index contributed by atoms with van der Waals surface area (Å²) in [4.78, 5) is 25.2. The number of aryl methyl sites for hydroxylation is 1. The largest absolute Gasteiger partial charge is 0.449 e. The lowest BCUT2D eigenvalue weighted by Gasteiger charge is -2.30. The Kier molecular flexibility index (Phi) is 6.96. The minimum atomic E-state index is -0.899. The minimum absolute atomic E-state index is 0.136. The molecule has 29 heavy (non-hydrogen) atoms. The van der Waals surface area contributed by atoms with Gasteiger partial charge in [-0.15, -0.1) is 0 Å². The van der Waals surface area contributed by atoms with Gasteiger partial charge in [-0.3, -0.25) is 4.79 Å². The van der Waals surface area contributed by atoms with Gasteiger partial charge in [-0.05, 0) is 38.2 Å². The highest BCUT2D eigenvalue weighted by atomic mass is 35.5. The van der Waals surface area contributed by atoms with Crippen LogP contribution in [0.2, 0.25) is 5.15 Å². The Morgan fingerprint density at radius 2 is 1.97 bits per heavy atom. The van der Waals surface area contributed by atoms with E-state index in [0.717, 1.165) is 24.8 Å². The molecule has 0 radical (unpaired) electrons. The summed E-state index contributed by atoms with van der Waals surface area (Å²) in [6, 6.07) is 9.86. The summed E-state index contributed by atoms with van der Waals surface area (Å²) in [7, 11) is 0. The molecular weight excluding hydrogens is 390 g/mol. The van der Waals surface area contributed by atoms with Gasteiger partial charge in [-0.2, -0.15) is 5.10 Å². The number of halogens is 1. The predicted molar refractivity (Wildman–Crippen MR) is 112 cm³/mol. The number of carbonyl (C=O) groups is 2. The zero-order chi connectivity index (χ0) is 21.0. The van der Waals surface area contributed by atoms with E-state index in [-0.39, 0.29) is 22.7 Å². The SMILES string of the molecule is Cc1nn(Cc2ccccc2)c(Cl)c1C(=O)O[C@@H](C)C(=O)N[C@@H]1CCCC[C@@H]1C. The molecule has 156 valence electrons. The zero-order valence-electron chi connectivity index (χ0n) is 17.2. The smallest absolute Gasteiger partial charge is 0.343 e. The maximum absolute atomic E-state index is 12.7. The van der Waals surface area contributed by atoms with E-state index in [1.54, 1.807) is 18.5 Å². The van der Waals surface area contributed by atoms with Crippen LogP contribution in [0.5, 0.6) is 0 Å². The number of aromatic nitrogens is 2. The predicted octanol–water partition coefficient (Wildman–Crippen LogP) is 4.13. The van der Waals surface area contributed by atoms with E-state index in [1.807, 2.05) is 30.3 Å². The quantitative estimate of drug-likeness (QED) is 0.717. The Bertz CT molecular complexity index is 866. The molecule has 0 spiro atoms. The second-order valence-electron chi connectivity index (χ2n) is 7.82. The maximum atomic E-state index is 12.7. The number of carbonyl (C=O) groups excluding carboxylic acids is 2. The number of hydrogen-bond acceptors (Lipinski definition) is 4. The molecule has 1 saturated carbocycles. The van der Waals surface area contributed by atoms with Crippen LogP contribution in [-0.4, -0.2) is 33.8 Å². The van der Waals surface area contributed by atoms with Crippen molar-refractivity contribution >= 4 is 23.5 Å². The molecule has 1 aliphatic carbocycles. The Labute approximate surface area is 176 Å². The van der Waals surface area contributed by atoms with Gasteiger partial charge in [0.15, 0.2) is 6.10 Å². The van der Waals surface area contributed by atoms with Crippen LogP contribution >= 0.6 is 11.6 Å². The van der Waals surface area contributed by atoms with Crippen LogP contribution in [0, 0.1) is 12.8 Å². The summed E-state index contributed by atoms with van der Waals surface area (Å²) < 4.78 is 6.98. The van der Waals surface area contributed by atoms with Crippen LogP contribution in [0.1, 0.15) is 61.1 Å². The number of amides is 1. The maximum Gasteiger partial charge on any atom is 0.343 e. The van der Waals surface area contributed by atoms with Crippen LogP contribution in [-0.2, 0) is 16.1 Å². The molecule has 1 fully saturated rings. The molecule has 0 unspecified atom stereocenters. The van der Waals surface area contributed by atoms with Crippen molar-refractivity contribution in [1.82, 2.24) is 15.1 Å². The first-order chi connectivity index (χ1) is 13.9. The Hall–Kier alpha value is -2.34. The number of benzene rings is 1. The number of rotatable bonds is 6. The first-order valence-corrected chi connectivity index (χ1v) is 10.5. The highest BCUT2D eigenvalue weighted by molar-refractivity contribution is 6.32. The molecule has 1 aromatic heterocycles. The fourth-order valence-electron chi connectivity index (χ4n) is 3.75. The van der Waals surface area contributed by atoms with Gasteiger partial charge in [0.05, 0.1) is 12.2 Å². The van der Waals surface area contributed by atoms with Gasteiger partial charge in [0, 0.05) is 6.04 Å². The molecular formula is C22H28ClN3O3. The van der Waals surface area contributed by atoms with Crippen LogP contribution in [0.15, 0.2) is 30.3 Å². The highest BCUT2D eigenvalue weighted by Crippen LogP contribution is 2.25. The van der Waals surface area contributed by atoms with E-state index < -0.39 is 12.1 Å². The van der Waals surface area contributed by atoms with Crippen molar-refractivity contribution in [2.45, 2.75) is 65.1 Å². The van der Waals surface area contributed by atoms with E-state index in [1.165, 1.54) is 6.42 Å². The summed E-state index contributed by atoms with van der Waals surface area (Å²) in [5.41, 5.74) is 1.70. The lowest BCUT2D eigenvalue weighted by Crippen LogP contribution is -2.46.